The highest BCUT2D eigenvalue weighted by atomic mass is 31.2. The first-order valence-electron chi connectivity index (χ1n) is 5.54. The molecule has 0 saturated heterocycles. The van der Waals surface area contributed by atoms with Gasteiger partial charge >= 0.3 is 7.60 Å². The summed E-state index contributed by atoms with van der Waals surface area (Å²) in [6.07, 6.45) is 0. The molecule has 0 aliphatic heterocycles. The average molecular weight is 254 g/mol. The molecule has 0 aliphatic carbocycles. The molecule has 0 saturated carbocycles. The molecule has 17 heavy (non-hydrogen) atoms. The summed E-state index contributed by atoms with van der Waals surface area (Å²) < 4.78 is 22.9. The van der Waals surface area contributed by atoms with E-state index in [9.17, 15) is 4.57 Å². The van der Waals surface area contributed by atoms with Gasteiger partial charge in [0.05, 0.1) is 24.2 Å². The minimum absolute atomic E-state index is 0.266. The van der Waals surface area contributed by atoms with E-state index in [-0.39, 0.29) is 5.57 Å². The standard InChI is InChI=1S/C11H15N2O3P/c1-3-15-17(14,16-4-2)11-12-9-7-5-6-8-10(9)13-11/h5-8H,3-4H2,1-2H3,(H,12,13). The lowest BCUT2D eigenvalue weighted by molar-refractivity contribution is 0.228. The van der Waals surface area contributed by atoms with Crippen LogP contribution in [0.2, 0.25) is 0 Å². The summed E-state index contributed by atoms with van der Waals surface area (Å²) in [7, 11) is -3.31. The summed E-state index contributed by atoms with van der Waals surface area (Å²) in [5.74, 6) is 0. The molecule has 6 heteroatoms. The lowest BCUT2D eigenvalue weighted by Gasteiger charge is -2.13. The number of hydrogen-bond acceptors (Lipinski definition) is 4. The number of nitrogens with one attached hydrogen (secondary N) is 1. The first-order chi connectivity index (χ1) is 8.19. The van der Waals surface area contributed by atoms with E-state index in [1.54, 1.807) is 13.8 Å². The number of hydrogen-bond donors (Lipinski definition) is 1. The zero-order chi connectivity index (χ0) is 12.3. The fourth-order valence-corrected chi connectivity index (χ4v) is 3.06. The predicted molar refractivity (Wildman–Crippen MR) is 66.6 cm³/mol. The van der Waals surface area contributed by atoms with Crippen LogP contribution in [0.15, 0.2) is 24.3 Å². The van der Waals surface area contributed by atoms with Crippen molar-refractivity contribution in [2.45, 2.75) is 13.8 Å². The molecular weight excluding hydrogens is 239 g/mol. The third-order valence-corrected chi connectivity index (χ3v) is 4.16. The van der Waals surface area contributed by atoms with Crippen LogP contribution in [0.5, 0.6) is 0 Å². The summed E-state index contributed by atoms with van der Waals surface area (Å²) >= 11 is 0. The minimum atomic E-state index is -3.31. The van der Waals surface area contributed by atoms with E-state index in [0.29, 0.717) is 13.2 Å². The number of rotatable bonds is 5. The SMILES string of the molecule is CCOP(=O)(OCC)c1nc2ccccc2[nH]1. The summed E-state index contributed by atoms with van der Waals surface area (Å²) in [6, 6.07) is 7.47. The Balaban J connectivity index is 2.45. The second-order valence-corrected chi connectivity index (χ2v) is 5.35. The number of aromatic amines is 1. The number of nitrogens with zero attached hydrogens (tertiary/aromatic N) is 1. The Morgan fingerprint density at radius 3 is 2.47 bits per heavy atom. The number of aromatic nitrogens is 2. The molecule has 1 aromatic heterocycles. The van der Waals surface area contributed by atoms with Crippen LogP contribution in [0.1, 0.15) is 13.8 Å². The number of fused-ring (bicyclic) bond motifs is 1. The average Bonchev–Trinajstić information content (AvgIpc) is 2.74. The van der Waals surface area contributed by atoms with E-state index >= 15 is 0 Å². The Bertz CT molecular complexity index is 509. The Morgan fingerprint density at radius 2 is 1.88 bits per heavy atom. The monoisotopic (exact) mass is 254 g/mol. The topological polar surface area (TPSA) is 64.2 Å². The van der Waals surface area contributed by atoms with Gasteiger partial charge in [0.15, 0.2) is 0 Å². The van der Waals surface area contributed by atoms with Crippen molar-refractivity contribution in [3.63, 3.8) is 0 Å². The molecule has 0 unspecified atom stereocenters. The van der Waals surface area contributed by atoms with Crippen molar-refractivity contribution in [1.82, 2.24) is 9.97 Å². The normalized spacial score (nSPS) is 12.1. The van der Waals surface area contributed by atoms with E-state index in [0.717, 1.165) is 11.0 Å². The lowest BCUT2D eigenvalue weighted by atomic mass is 10.3. The van der Waals surface area contributed by atoms with Crippen molar-refractivity contribution in [3.05, 3.63) is 24.3 Å². The second-order valence-electron chi connectivity index (χ2n) is 3.41. The van der Waals surface area contributed by atoms with Crippen LogP contribution in [0.3, 0.4) is 0 Å². The molecule has 2 rings (SSSR count). The summed E-state index contributed by atoms with van der Waals surface area (Å²) in [5.41, 5.74) is 1.84. The number of benzene rings is 1. The molecule has 1 N–H and O–H groups in total. The Hall–Kier alpha value is -1.16. The maximum atomic E-state index is 12.4. The third-order valence-electron chi connectivity index (χ3n) is 2.23. The molecule has 0 bridgehead atoms. The van der Waals surface area contributed by atoms with E-state index < -0.39 is 7.60 Å². The van der Waals surface area contributed by atoms with Gasteiger partial charge in [-0.25, -0.2) is 4.98 Å². The second kappa shape index (κ2) is 5.00. The van der Waals surface area contributed by atoms with Crippen molar-refractivity contribution in [3.8, 4) is 0 Å². The van der Waals surface area contributed by atoms with Crippen molar-refractivity contribution in [1.29, 1.82) is 0 Å². The fourth-order valence-electron chi connectivity index (χ4n) is 1.57. The van der Waals surface area contributed by atoms with Gasteiger partial charge in [-0.1, -0.05) is 12.1 Å². The smallest absolute Gasteiger partial charge is 0.332 e. The van der Waals surface area contributed by atoms with Gasteiger partial charge in [0, 0.05) is 0 Å². The van der Waals surface area contributed by atoms with Crippen LogP contribution in [0, 0.1) is 0 Å². The van der Waals surface area contributed by atoms with E-state index in [1.807, 2.05) is 24.3 Å². The molecule has 0 fully saturated rings. The van der Waals surface area contributed by atoms with Crippen LogP contribution in [0.4, 0.5) is 0 Å². The van der Waals surface area contributed by atoms with Gasteiger partial charge in [0.1, 0.15) is 0 Å². The summed E-state index contributed by atoms with van der Waals surface area (Å²) in [5, 5.41) is 0. The third kappa shape index (κ3) is 2.41. The van der Waals surface area contributed by atoms with Gasteiger partial charge in [-0.15, -0.1) is 0 Å². The molecule has 0 atom stereocenters. The van der Waals surface area contributed by atoms with Gasteiger partial charge in [-0.2, -0.15) is 0 Å². The molecule has 0 amide bonds. The molecule has 0 aliphatic rings. The van der Waals surface area contributed by atoms with Crippen molar-refractivity contribution in [2.24, 2.45) is 0 Å². The molecule has 1 heterocycles. The van der Waals surface area contributed by atoms with Crippen LogP contribution in [-0.4, -0.2) is 23.2 Å². The predicted octanol–water partition coefficient (Wildman–Crippen LogP) is 2.45. The van der Waals surface area contributed by atoms with Gasteiger partial charge in [0.25, 0.3) is 0 Å². The molecule has 5 nitrogen and oxygen atoms in total. The van der Waals surface area contributed by atoms with E-state index in [4.69, 9.17) is 9.05 Å². The minimum Gasteiger partial charge on any atom is -0.332 e. The molecule has 1 aromatic carbocycles. The molecular formula is C11H15N2O3P. The van der Waals surface area contributed by atoms with Gasteiger partial charge < -0.3 is 14.0 Å². The van der Waals surface area contributed by atoms with E-state index in [1.165, 1.54) is 0 Å². The summed E-state index contributed by atoms with van der Waals surface area (Å²) in [4.78, 5) is 7.23. The highest BCUT2D eigenvalue weighted by Gasteiger charge is 2.30. The van der Waals surface area contributed by atoms with Crippen LogP contribution < -0.4 is 5.57 Å². The summed E-state index contributed by atoms with van der Waals surface area (Å²) in [6.45, 7) is 4.17. The molecule has 0 radical (unpaired) electrons. The largest absolute Gasteiger partial charge is 0.396 e. The number of H-pyrrole nitrogens is 1. The quantitative estimate of drug-likeness (QED) is 0.832. The first kappa shape index (κ1) is 12.3. The Kier molecular flexibility index (Phi) is 3.62. The van der Waals surface area contributed by atoms with Crippen LogP contribution >= 0.6 is 7.60 Å². The molecule has 92 valence electrons. The number of imidazole rings is 1. The van der Waals surface area contributed by atoms with E-state index in [2.05, 4.69) is 9.97 Å². The molecule has 0 spiro atoms. The highest BCUT2D eigenvalue weighted by Crippen LogP contribution is 2.45. The maximum absolute atomic E-state index is 12.4. The van der Waals surface area contributed by atoms with Gasteiger partial charge in [0.2, 0.25) is 5.57 Å². The Morgan fingerprint density at radius 1 is 1.24 bits per heavy atom. The Labute approximate surface area is 99.7 Å². The van der Waals surface area contributed by atoms with Crippen LogP contribution in [0.25, 0.3) is 11.0 Å². The maximum Gasteiger partial charge on any atom is 0.396 e. The fraction of sp³-hybridized carbons (Fsp3) is 0.364. The van der Waals surface area contributed by atoms with Crippen molar-refractivity contribution in [2.75, 3.05) is 13.2 Å². The highest BCUT2D eigenvalue weighted by molar-refractivity contribution is 7.61. The van der Waals surface area contributed by atoms with Gasteiger partial charge in [-0.3, -0.25) is 4.57 Å². The van der Waals surface area contributed by atoms with Crippen molar-refractivity contribution < 1.29 is 13.6 Å². The molecule has 2 aromatic rings. The number of para-hydroxylation sites is 2. The van der Waals surface area contributed by atoms with Gasteiger partial charge in [-0.05, 0) is 26.0 Å². The first-order valence-corrected chi connectivity index (χ1v) is 7.08. The van der Waals surface area contributed by atoms with Crippen LogP contribution in [-0.2, 0) is 13.6 Å². The zero-order valence-corrected chi connectivity index (χ0v) is 10.7. The zero-order valence-electron chi connectivity index (χ0n) is 9.84. The van der Waals surface area contributed by atoms with Crippen molar-refractivity contribution >= 4 is 24.2 Å². The lowest BCUT2D eigenvalue weighted by Crippen LogP contribution is -2.14.